The van der Waals surface area contributed by atoms with E-state index < -0.39 is 17.6 Å². The van der Waals surface area contributed by atoms with Crippen LogP contribution in [0.15, 0.2) is 6.07 Å². The Morgan fingerprint density at radius 1 is 1.67 bits per heavy atom. The monoisotopic (exact) mass is 236 g/mol. The number of ketones is 1. The predicted molar refractivity (Wildman–Crippen MR) is 52.1 cm³/mol. The van der Waals surface area contributed by atoms with Crippen LogP contribution in [0.2, 0.25) is 0 Å². The minimum Gasteiger partial charge on any atom is -0.291 e. The largest absolute Gasteiger partial charge is 0.380 e. The highest BCUT2D eigenvalue weighted by Crippen LogP contribution is 2.22. The molecule has 0 amide bonds. The Morgan fingerprint density at radius 2 is 2.27 bits per heavy atom. The summed E-state index contributed by atoms with van der Waals surface area (Å²) in [5.74, 6) is -1.31. The van der Waals surface area contributed by atoms with Crippen molar-refractivity contribution in [1.82, 2.24) is 9.78 Å². The summed E-state index contributed by atoms with van der Waals surface area (Å²) in [4.78, 5) is 11.0. The van der Waals surface area contributed by atoms with Crippen molar-refractivity contribution in [1.29, 1.82) is 0 Å². The second-order valence-electron chi connectivity index (χ2n) is 3.20. The summed E-state index contributed by atoms with van der Waals surface area (Å²) in [7, 11) is 1.61. The third kappa shape index (κ3) is 2.99. The summed E-state index contributed by atoms with van der Waals surface area (Å²) in [6, 6.07) is 1.63. The van der Waals surface area contributed by atoms with Crippen LogP contribution in [0, 0.1) is 0 Å². The van der Waals surface area contributed by atoms with Crippen LogP contribution in [0.3, 0.4) is 0 Å². The third-order valence-electron chi connectivity index (χ3n) is 2.05. The van der Waals surface area contributed by atoms with Gasteiger partial charge in [0, 0.05) is 12.7 Å². The first-order valence-corrected chi connectivity index (χ1v) is 4.84. The van der Waals surface area contributed by atoms with Crippen LogP contribution in [0.1, 0.15) is 18.3 Å². The normalized spacial score (nSPS) is 11.8. The van der Waals surface area contributed by atoms with E-state index in [1.807, 2.05) is 6.92 Å². The molecular weight excluding hydrogens is 226 g/mol. The molecule has 0 bridgehead atoms. The highest BCUT2D eigenvalue weighted by atomic mass is 35.5. The zero-order chi connectivity index (χ0) is 11.6. The average Bonchev–Trinajstić information content (AvgIpc) is 2.45. The van der Waals surface area contributed by atoms with Crippen LogP contribution in [-0.4, -0.2) is 20.9 Å². The molecule has 0 radical (unpaired) electrons. The number of hydrogen-bond donors (Lipinski definition) is 0. The van der Waals surface area contributed by atoms with Crippen LogP contribution in [0.4, 0.5) is 8.78 Å². The Morgan fingerprint density at radius 3 is 2.67 bits per heavy atom. The lowest BCUT2D eigenvalue weighted by molar-refractivity contribution is -0.132. The molecule has 6 heteroatoms. The molecule has 15 heavy (non-hydrogen) atoms. The van der Waals surface area contributed by atoms with Gasteiger partial charge >= 0.3 is 5.38 Å². The first kappa shape index (κ1) is 12.1. The van der Waals surface area contributed by atoms with Gasteiger partial charge < -0.3 is 0 Å². The molecule has 3 nitrogen and oxygen atoms in total. The van der Waals surface area contributed by atoms with Gasteiger partial charge in [-0.2, -0.15) is 13.9 Å². The SMILES string of the molecule is CCc1cc(CC(=O)C(F)(F)Cl)n(C)n1. The standard InChI is InChI=1S/C9H11ClF2N2O/c1-3-6-4-7(14(2)13-6)5-8(15)9(10,11)12/h4H,3,5H2,1-2H3. The van der Waals surface area contributed by atoms with E-state index in [0.717, 1.165) is 5.69 Å². The lowest BCUT2D eigenvalue weighted by atomic mass is 10.2. The molecule has 1 heterocycles. The van der Waals surface area contributed by atoms with Crippen molar-refractivity contribution in [2.45, 2.75) is 25.1 Å². The first-order chi connectivity index (χ1) is 6.84. The van der Waals surface area contributed by atoms with E-state index in [1.54, 1.807) is 13.1 Å². The van der Waals surface area contributed by atoms with Gasteiger partial charge in [-0.1, -0.05) is 6.92 Å². The molecule has 0 N–H and O–H groups in total. The molecule has 0 unspecified atom stereocenters. The van der Waals surface area contributed by atoms with Crippen molar-refractivity contribution in [3.8, 4) is 0 Å². The van der Waals surface area contributed by atoms with Crippen LogP contribution < -0.4 is 0 Å². The number of Topliss-reactive ketones (excluding diaryl/α,β-unsaturated/α-hetero) is 1. The smallest absolute Gasteiger partial charge is 0.291 e. The maximum Gasteiger partial charge on any atom is 0.380 e. The highest BCUT2D eigenvalue weighted by molar-refractivity contribution is 6.32. The van der Waals surface area contributed by atoms with Gasteiger partial charge in [0.15, 0.2) is 0 Å². The zero-order valence-corrected chi connectivity index (χ0v) is 9.18. The van der Waals surface area contributed by atoms with E-state index in [-0.39, 0.29) is 0 Å². The number of nitrogens with zero attached hydrogens (tertiary/aromatic N) is 2. The third-order valence-corrected chi connectivity index (χ3v) is 2.26. The van der Waals surface area contributed by atoms with Gasteiger partial charge in [0.2, 0.25) is 5.78 Å². The van der Waals surface area contributed by atoms with Crippen LogP contribution >= 0.6 is 11.6 Å². The Bertz CT molecular complexity index is 371. The van der Waals surface area contributed by atoms with E-state index in [9.17, 15) is 13.6 Å². The topological polar surface area (TPSA) is 34.9 Å². The van der Waals surface area contributed by atoms with Crippen molar-refractivity contribution < 1.29 is 13.6 Å². The molecule has 1 aromatic rings. The number of carbonyl (C=O) groups is 1. The molecule has 0 aromatic carbocycles. The summed E-state index contributed by atoms with van der Waals surface area (Å²) < 4.78 is 26.2. The van der Waals surface area contributed by atoms with Gasteiger partial charge in [-0.15, -0.1) is 0 Å². The fourth-order valence-electron chi connectivity index (χ4n) is 1.17. The maximum atomic E-state index is 12.4. The van der Waals surface area contributed by atoms with Gasteiger partial charge in [0.05, 0.1) is 12.1 Å². The van der Waals surface area contributed by atoms with E-state index in [4.69, 9.17) is 0 Å². The van der Waals surface area contributed by atoms with Gasteiger partial charge in [-0.3, -0.25) is 9.48 Å². The lowest BCUT2D eigenvalue weighted by Gasteiger charge is -2.05. The van der Waals surface area contributed by atoms with Gasteiger partial charge in [-0.25, -0.2) is 0 Å². The molecule has 0 spiro atoms. The summed E-state index contributed by atoms with van der Waals surface area (Å²) in [6.07, 6.45) is 0.291. The summed E-state index contributed by atoms with van der Waals surface area (Å²) in [6.45, 7) is 1.89. The average molecular weight is 237 g/mol. The van der Waals surface area contributed by atoms with E-state index in [1.165, 1.54) is 4.68 Å². The summed E-state index contributed by atoms with van der Waals surface area (Å²) in [5.41, 5.74) is 1.20. The maximum absolute atomic E-state index is 12.4. The van der Waals surface area contributed by atoms with Crippen molar-refractivity contribution in [3.05, 3.63) is 17.5 Å². The number of hydrogen-bond acceptors (Lipinski definition) is 2. The van der Waals surface area contributed by atoms with Crippen molar-refractivity contribution in [2.24, 2.45) is 7.05 Å². The van der Waals surface area contributed by atoms with E-state index >= 15 is 0 Å². The predicted octanol–water partition coefficient (Wildman–Crippen LogP) is 1.93. The molecule has 0 aliphatic rings. The quantitative estimate of drug-likeness (QED) is 0.749. The zero-order valence-electron chi connectivity index (χ0n) is 8.43. The van der Waals surface area contributed by atoms with Gasteiger partial charge in [-0.05, 0) is 24.1 Å². The molecule has 0 fully saturated rings. The number of halogens is 3. The van der Waals surface area contributed by atoms with E-state index in [2.05, 4.69) is 16.7 Å². The molecule has 1 rings (SSSR count). The Hall–Kier alpha value is -0.970. The molecule has 0 saturated heterocycles. The Balaban J connectivity index is 2.81. The second-order valence-corrected chi connectivity index (χ2v) is 3.68. The minimum absolute atomic E-state index is 0.403. The first-order valence-electron chi connectivity index (χ1n) is 4.46. The van der Waals surface area contributed by atoms with Gasteiger partial charge in [0.1, 0.15) is 0 Å². The molecular formula is C9H11ClF2N2O. The number of rotatable bonds is 4. The fraction of sp³-hybridized carbons (Fsp3) is 0.556. The Labute approximate surface area is 91.0 Å². The van der Waals surface area contributed by atoms with Crippen LogP contribution in [0.5, 0.6) is 0 Å². The Kier molecular flexibility index (Phi) is 3.44. The molecule has 0 aliphatic heterocycles. The second kappa shape index (κ2) is 4.26. The van der Waals surface area contributed by atoms with Crippen LogP contribution in [0.25, 0.3) is 0 Å². The molecule has 0 saturated carbocycles. The highest BCUT2D eigenvalue weighted by Gasteiger charge is 2.35. The van der Waals surface area contributed by atoms with Crippen LogP contribution in [-0.2, 0) is 24.7 Å². The van der Waals surface area contributed by atoms with Crippen molar-refractivity contribution in [3.63, 3.8) is 0 Å². The molecule has 0 atom stereocenters. The van der Waals surface area contributed by atoms with Gasteiger partial charge in [0.25, 0.3) is 0 Å². The molecule has 1 aromatic heterocycles. The van der Waals surface area contributed by atoms with Crippen molar-refractivity contribution in [2.75, 3.05) is 0 Å². The van der Waals surface area contributed by atoms with Crippen molar-refractivity contribution >= 4 is 17.4 Å². The summed E-state index contributed by atoms with van der Waals surface area (Å²) in [5, 5.41) is 0.246. The number of aryl methyl sites for hydroxylation is 2. The number of carbonyl (C=O) groups excluding carboxylic acids is 1. The summed E-state index contributed by atoms with van der Waals surface area (Å²) >= 11 is 4.61. The lowest BCUT2D eigenvalue weighted by Crippen LogP contribution is -2.24. The molecule has 0 aliphatic carbocycles. The number of aromatic nitrogens is 2. The minimum atomic E-state index is -3.79. The van der Waals surface area contributed by atoms with E-state index in [0.29, 0.717) is 12.1 Å². The molecule has 84 valence electrons. The number of alkyl halides is 3. The fourth-order valence-corrected chi connectivity index (χ4v) is 1.24.